The number of ether oxygens (including phenoxy) is 1. The molecule has 182 valence electrons. The summed E-state index contributed by atoms with van der Waals surface area (Å²) in [5.41, 5.74) is 0.443. The monoisotopic (exact) mass is 446 g/mol. The summed E-state index contributed by atoms with van der Waals surface area (Å²) in [6.45, 7) is 11.0. The first kappa shape index (κ1) is 22.3. The first-order valence-corrected chi connectivity index (χ1v) is 13.8. The van der Waals surface area contributed by atoms with E-state index in [0.29, 0.717) is 29.3 Å². The maximum absolute atomic E-state index is 11.5. The minimum Gasteiger partial charge on any atom is -0.391 e. The molecule has 0 aromatic heterocycles. The van der Waals surface area contributed by atoms with Crippen molar-refractivity contribution in [2.24, 2.45) is 34.5 Å². The summed E-state index contributed by atoms with van der Waals surface area (Å²) in [6.07, 6.45) is 10.7. The van der Waals surface area contributed by atoms with E-state index in [4.69, 9.17) is 4.74 Å². The van der Waals surface area contributed by atoms with E-state index in [-0.39, 0.29) is 17.6 Å². The predicted octanol–water partition coefficient (Wildman–Crippen LogP) is 3.14. The van der Waals surface area contributed by atoms with Crippen molar-refractivity contribution in [3.05, 3.63) is 0 Å². The van der Waals surface area contributed by atoms with E-state index in [1.807, 2.05) is 0 Å². The van der Waals surface area contributed by atoms with Gasteiger partial charge in [0.05, 0.1) is 25.4 Å². The van der Waals surface area contributed by atoms with Crippen LogP contribution in [0.4, 0.5) is 0 Å². The highest BCUT2D eigenvalue weighted by Gasteiger charge is 2.63. The third-order valence-electron chi connectivity index (χ3n) is 11.8. The van der Waals surface area contributed by atoms with E-state index >= 15 is 0 Å². The van der Waals surface area contributed by atoms with Crippen molar-refractivity contribution in [1.29, 1.82) is 0 Å². The molecule has 0 bridgehead atoms. The summed E-state index contributed by atoms with van der Waals surface area (Å²) in [4.78, 5) is 5.16. The number of nitrogens with zero attached hydrogens (tertiary/aromatic N) is 2. The molecule has 0 spiro atoms. The van der Waals surface area contributed by atoms with E-state index in [2.05, 4.69) is 23.6 Å². The Morgan fingerprint density at radius 2 is 1.50 bits per heavy atom. The molecular formula is C27H46N2O3. The molecular weight excluding hydrogens is 400 g/mol. The third kappa shape index (κ3) is 3.28. The summed E-state index contributed by atoms with van der Waals surface area (Å²) in [6, 6.07) is 0.699. The molecule has 0 aromatic carbocycles. The van der Waals surface area contributed by atoms with Crippen LogP contribution in [0.15, 0.2) is 0 Å². The molecule has 32 heavy (non-hydrogen) atoms. The van der Waals surface area contributed by atoms with Crippen LogP contribution in [0.5, 0.6) is 0 Å². The number of fused-ring (bicyclic) bond motifs is 5. The van der Waals surface area contributed by atoms with Crippen LogP contribution in [0.2, 0.25) is 0 Å². The lowest BCUT2D eigenvalue weighted by molar-refractivity contribution is -0.158. The maximum Gasteiger partial charge on any atom is 0.0751 e. The van der Waals surface area contributed by atoms with Gasteiger partial charge in [0.25, 0.3) is 0 Å². The van der Waals surface area contributed by atoms with E-state index in [0.717, 1.165) is 51.0 Å². The second kappa shape index (κ2) is 8.19. The Bertz CT molecular complexity index is 692. The number of likely N-dealkylation sites (tertiary alicyclic amines) is 1. The molecule has 2 heterocycles. The number of hydrogen-bond donors (Lipinski definition) is 2. The summed E-state index contributed by atoms with van der Waals surface area (Å²) in [5.74, 6) is 2.87. The van der Waals surface area contributed by atoms with Gasteiger partial charge in [-0.15, -0.1) is 0 Å². The van der Waals surface area contributed by atoms with Crippen LogP contribution in [0.3, 0.4) is 0 Å². The second-order valence-electron chi connectivity index (χ2n) is 12.9. The molecule has 2 aliphatic heterocycles. The zero-order valence-electron chi connectivity index (χ0n) is 20.4. The topological polar surface area (TPSA) is 56.2 Å². The largest absolute Gasteiger partial charge is 0.391 e. The molecule has 10 atom stereocenters. The first-order chi connectivity index (χ1) is 15.4. The quantitative estimate of drug-likeness (QED) is 0.683. The minimum atomic E-state index is -0.176. The zero-order chi connectivity index (χ0) is 22.1. The van der Waals surface area contributed by atoms with E-state index in [1.54, 1.807) is 0 Å². The molecule has 0 radical (unpaired) electrons. The van der Waals surface area contributed by atoms with Gasteiger partial charge < -0.3 is 14.9 Å². The minimum absolute atomic E-state index is 0.107. The molecule has 0 aromatic rings. The normalized spacial score (nSPS) is 54.8. The van der Waals surface area contributed by atoms with Gasteiger partial charge in [0, 0.05) is 25.2 Å². The van der Waals surface area contributed by atoms with Crippen LogP contribution in [0.25, 0.3) is 0 Å². The Labute approximate surface area is 194 Å². The van der Waals surface area contributed by atoms with Gasteiger partial charge in [0.15, 0.2) is 0 Å². The van der Waals surface area contributed by atoms with Crippen LogP contribution < -0.4 is 0 Å². The molecule has 5 nitrogen and oxygen atoms in total. The van der Waals surface area contributed by atoms with Crippen molar-refractivity contribution in [2.75, 3.05) is 39.4 Å². The number of hydrogen-bond acceptors (Lipinski definition) is 5. The third-order valence-corrected chi connectivity index (χ3v) is 11.8. The standard InChI is InChI=1S/C27H46N2O3/c1-26-8-7-20-19(21(26)16-22(25(26)31)28-9-3-4-10-28)6-5-18-15-24(30)23(17-27(18,20)2)29-11-13-32-14-12-29/h18-25,30-31H,3-17H2,1-2H3/t18-,19+,20-,21-,22-,23-,24-,25-,26?,27?/m0/s1. The van der Waals surface area contributed by atoms with Gasteiger partial charge in [-0.1, -0.05) is 13.8 Å². The highest BCUT2D eigenvalue weighted by Crippen LogP contribution is 2.66. The molecule has 5 heteroatoms. The lowest BCUT2D eigenvalue weighted by Crippen LogP contribution is -2.61. The zero-order valence-corrected chi connectivity index (χ0v) is 20.4. The van der Waals surface area contributed by atoms with Gasteiger partial charge in [-0.3, -0.25) is 9.80 Å². The fourth-order valence-corrected chi connectivity index (χ4v) is 9.97. The van der Waals surface area contributed by atoms with Gasteiger partial charge in [0.2, 0.25) is 0 Å². The number of aliphatic hydroxyl groups excluding tert-OH is 2. The number of rotatable bonds is 2. The molecule has 6 fully saturated rings. The number of morpholine rings is 1. The van der Waals surface area contributed by atoms with E-state index < -0.39 is 0 Å². The Morgan fingerprint density at radius 1 is 0.781 bits per heavy atom. The maximum atomic E-state index is 11.5. The summed E-state index contributed by atoms with van der Waals surface area (Å²) >= 11 is 0. The van der Waals surface area contributed by atoms with Gasteiger partial charge in [-0.25, -0.2) is 0 Å². The van der Waals surface area contributed by atoms with Crippen LogP contribution in [-0.4, -0.2) is 83.7 Å². The van der Waals surface area contributed by atoms with Crippen LogP contribution >= 0.6 is 0 Å². The van der Waals surface area contributed by atoms with Crippen molar-refractivity contribution in [3.8, 4) is 0 Å². The molecule has 6 rings (SSSR count). The Kier molecular flexibility index (Phi) is 5.70. The van der Waals surface area contributed by atoms with Gasteiger partial charge in [0.1, 0.15) is 0 Å². The highest BCUT2D eigenvalue weighted by molar-refractivity contribution is 5.14. The fraction of sp³-hybridized carbons (Fsp3) is 1.00. The first-order valence-electron chi connectivity index (χ1n) is 13.8. The SMILES string of the molecule is CC12C[C@H](N3CCOCC3)[C@@H](O)C[C@@H]1CC[C@@H]1[C@@H]2CCC2(C)[C@@H](O)[C@@H](N3CCCC3)C[C@@H]12. The smallest absolute Gasteiger partial charge is 0.0751 e. The predicted molar refractivity (Wildman–Crippen MR) is 125 cm³/mol. The molecule has 2 unspecified atom stereocenters. The van der Waals surface area contributed by atoms with E-state index in [1.165, 1.54) is 58.0 Å². The van der Waals surface area contributed by atoms with Crippen molar-refractivity contribution >= 4 is 0 Å². The fourth-order valence-electron chi connectivity index (χ4n) is 9.97. The van der Waals surface area contributed by atoms with Crippen molar-refractivity contribution < 1.29 is 14.9 Å². The van der Waals surface area contributed by atoms with Crippen LogP contribution in [-0.2, 0) is 4.74 Å². The van der Waals surface area contributed by atoms with Gasteiger partial charge in [-0.05, 0) is 105 Å². The molecule has 6 aliphatic rings. The molecule has 4 saturated carbocycles. The number of aliphatic hydroxyl groups is 2. The second-order valence-corrected chi connectivity index (χ2v) is 12.9. The summed E-state index contributed by atoms with van der Waals surface area (Å²) in [7, 11) is 0. The van der Waals surface area contributed by atoms with Crippen molar-refractivity contribution in [3.63, 3.8) is 0 Å². The average Bonchev–Trinajstić information content (AvgIpc) is 3.41. The average molecular weight is 447 g/mol. The Hall–Kier alpha value is -0.200. The lowest BCUT2D eigenvalue weighted by atomic mass is 9.44. The molecule has 2 N–H and O–H groups in total. The molecule has 0 amide bonds. The Morgan fingerprint density at radius 3 is 2.25 bits per heavy atom. The lowest BCUT2D eigenvalue weighted by Gasteiger charge is -2.62. The van der Waals surface area contributed by atoms with Crippen molar-refractivity contribution in [2.45, 2.75) is 95.9 Å². The molecule has 4 aliphatic carbocycles. The van der Waals surface area contributed by atoms with Gasteiger partial charge in [-0.2, -0.15) is 0 Å². The van der Waals surface area contributed by atoms with E-state index in [9.17, 15) is 10.2 Å². The highest BCUT2D eigenvalue weighted by atomic mass is 16.5. The van der Waals surface area contributed by atoms with Crippen LogP contribution in [0.1, 0.15) is 71.6 Å². The van der Waals surface area contributed by atoms with Gasteiger partial charge >= 0.3 is 0 Å². The van der Waals surface area contributed by atoms with Crippen LogP contribution in [0, 0.1) is 34.5 Å². The summed E-state index contributed by atoms with van der Waals surface area (Å²) < 4.78 is 5.61. The van der Waals surface area contributed by atoms with Crippen molar-refractivity contribution in [1.82, 2.24) is 9.80 Å². The summed E-state index contributed by atoms with van der Waals surface area (Å²) in [5, 5.41) is 22.7. The Balaban J connectivity index is 1.25. The molecule has 2 saturated heterocycles.